The van der Waals surface area contributed by atoms with Crippen molar-refractivity contribution >= 4 is 28.2 Å². The summed E-state index contributed by atoms with van der Waals surface area (Å²) >= 11 is 1.24. The molecule has 0 saturated carbocycles. The van der Waals surface area contributed by atoms with Crippen LogP contribution >= 0.6 is 11.3 Å². The van der Waals surface area contributed by atoms with E-state index in [-0.39, 0.29) is 11.4 Å². The molecule has 3 rings (SSSR count). The molecule has 0 aliphatic carbocycles. The number of methoxy groups -OCH3 is 3. The molecule has 2 aromatic carbocycles. The fourth-order valence-electron chi connectivity index (χ4n) is 3.05. The van der Waals surface area contributed by atoms with Gasteiger partial charge in [-0.1, -0.05) is 12.1 Å². The summed E-state index contributed by atoms with van der Waals surface area (Å²) in [5.74, 6) is -0.495. The molecule has 1 aromatic heterocycles. The summed E-state index contributed by atoms with van der Waals surface area (Å²) in [6.07, 6.45) is 0. The fraction of sp³-hybridized carbons (Fsp3) is 0.182. The van der Waals surface area contributed by atoms with Gasteiger partial charge in [0.15, 0.2) is 11.5 Å². The first-order chi connectivity index (χ1) is 14.4. The molecular formula is C22H20FNO5S. The summed E-state index contributed by atoms with van der Waals surface area (Å²) in [7, 11) is 4.25. The van der Waals surface area contributed by atoms with E-state index >= 15 is 0 Å². The van der Waals surface area contributed by atoms with Crippen LogP contribution in [0, 0.1) is 12.7 Å². The lowest BCUT2D eigenvalue weighted by molar-refractivity contribution is 0.0603. The van der Waals surface area contributed by atoms with Crippen molar-refractivity contribution < 1.29 is 28.2 Å². The summed E-state index contributed by atoms with van der Waals surface area (Å²) in [6.45, 7) is 1.82. The van der Waals surface area contributed by atoms with Crippen molar-refractivity contribution in [3.8, 4) is 22.6 Å². The van der Waals surface area contributed by atoms with Crippen LogP contribution in [-0.2, 0) is 4.74 Å². The zero-order valence-electron chi connectivity index (χ0n) is 16.9. The normalized spacial score (nSPS) is 10.4. The minimum Gasteiger partial charge on any atom is -0.493 e. The number of nitrogens with one attached hydrogen (secondary N) is 1. The number of hydrogen-bond donors (Lipinski definition) is 1. The Morgan fingerprint density at radius 3 is 2.23 bits per heavy atom. The predicted octanol–water partition coefficient (Wildman–Crippen LogP) is 4.92. The third-order valence-electron chi connectivity index (χ3n) is 4.48. The van der Waals surface area contributed by atoms with E-state index in [9.17, 15) is 14.0 Å². The van der Waals surface area contributed by atoms with Crippen molar-refractivity contribution in [2.45, 2.75) is 6.92 Å². The van der Waals surface area contributed by atoms with Crippen molar-refractivity contribution in [1.29, 1.82) is 0 Å². The largest absolute Gasteiger partial charge is 0.493 e. The molecule has 0 bridgehead atoms. The van der Waals surface area contributed by atoms with Crippen molar-refractivity contribution in [2.24, 2.45) is 0 Å². The first kappa shape index (κ1) is 21.3. The lowest BCUT2D eigenvalue weighted by Gasteiger charge is -2.10. The summed E-state index contributed by atoms with van der Waals surface area (Å²) in [4.78, 5) is 26.2. The molecule has 1 heterocycles. The third-order valence-corrected chi connectivity index (χ3v) is 5.50. The van der Waals surface area contributed by atoms with Gasteiger partial charge in [0.1, 0.15) is 16.4 Å². The van der Waals surface area contributed by atoms with E-state index in [1.54, 1.807) is 30.3 Å². The van der Waals surface area contributed by atoms with Crippen LogP contribution in [0.15, 0.2) is 42.5 Å². The SMILES string of the molecule is COC(=O)c1c(NC(=O)c2ccc(OC)c(OC)c2)sc(C)c1-c1ccc(F)cc1. The number of halogens is 1. The maximum absolute atomic E-state index is 13.3. The van der Waals surface area contributed by atoms with Crippen LogP contribution < -0.4 is 14.8 Å². The number of anilines is 1. The molecule has 8 heteroatoms. The minimum absolute atomic E-state index is 0.223. The van der Waals surface area contributed by atoms with Crippen LogP contribution in [0.25, 0.3) is 11.1 Å². The number of benzene rings is 2. The van der Waals surface area contributed by atoms with Crippen LogP contribution in [-0.4, -0.2) is 33.2 Å². The molecule has 30 heavy (non-hydrogen) atoms. The average Bonchev–Trinajstić information content (AvgIpc) is 3.08. The highest BCUT2D eigenvalue weighted by molar-refractivity contribution is 7.17. The van der Waals surface area contributed by atoms with Gasteiger partial charge in [-0.3, -0.25) is 4.79 Å². The van der Waals surface area contributed by atoms with E-state index in [0.29, 0.717) is 33.2 Å². The van der Waals surface area contributed by atoms with E-state index in [1.807, 2.05) is 6.92 Å². The summed E-state index contributed by atoms with van der Waals surface area (Å²) in [5, 5.41) is 3.13. The van der Waals surface area contributed by atoms with E-state index in [4.69, 9.17) is 14.2 Å². The van der Waals surface area contributed by atoms with Gasteiger partial charge in [-0.25, -0.2) is 9.18 Å². The molecule has 0 aliphatic rings. The molecule has 0 atom stereocenters. The lowest BCUT2D eigenvalue weighted by Crippen LogP contribution is -2.14. The zero-order valence-corrected chi connectivity index (χ0v) is 17.7. The summed E-state index contributed by atoms with van der Waals surface area (Å²) < 4.78 is 28.7. The van der Waals surface area contributed by atoms with E-state index in [2.05, 4.69) is 5.32 Å². The third kappa shape index (κ3) is 4.13. The number of esters is 1. The second-order valence-electron chi connectivity index (χ2n) is 6.26. The van der Waals surface area contributed by atoms with Crippen LogP contribution in [0.4, 0.5) is 9.39 Å². The number of rotatable bonds is 6. The first-order valence-electron chi connectivity index (χ1n) is 8.90. The van der Waals surface area contributed by atoms with Gasteiger partial charge >= 0.3 is 5.97 Å². The standard InChI is InChI=1S/C22H20FNO5S/c1-12-18(13-5-8-15(23)9-6-13)19(22(26)29-4)21(30-12)24-20(25)14-7-10-16(27-2)17(11-14)28-3/h5-11H,1-4H3,(H,24,25). The van der Waals surface area contributed by atoms with Gasteiger partial charge in [0.2, 0.25) is 0 Å². The molecule has 156 valence electrons. The van der Waals surface area contributed by atoms with Crippen LogP contribution in [0.3, 0.4) is 0 Å². The molecule has 0 radical (unpaired) electrons. The highest BCUT2D eigenvalue weighted by atomic mass is 32.1. The Kier molecular flexibility index (Phi) is 6.37. The fourth-order valence-corrected chi connectivity index (χ4v) is 4.11. The summed E-state index contributed by atoms with van der Waals surface area (Å²) in [6, 6.07) is 10.6. The van der Waals surface area contributed by atoms with Gasteiger partial charge in [0.05, 0.1) is 21.3 Å². The Hall–Kier alpha value is -3.39. The van der Waals surface area contributed by atoms with Gasteiger partial charge in [0, 0.05) is 16.0 Å². The zero-order chi connectivity index (χ0) is 21.8. The van der Waals surface area contributed by atoms with Crippen LogP contribution in [0.2, 0.25) is 0 Å². The Morgan fingerprint density at radius 2 is 1.63 bits per heavy atom. The average molecular weight is 429 g/mol. The number of carbonyl (C=O) groups is 2. The highest BCUT2D eigenvalue weighted by Crippen LogP contribution is 2.40. The number of amides is 1. The van der Waals surface area contributed by atoms with E-state index in [0.717, 1.165) is 4.88 Å². The monoisotopic (exact) mass is 429 g/mol. The van der Waals surface area contributed by atoms with Gasteiger partial charge in [-0.05, 0) is 42.8 Å². The quantitative estimate of drug-likeness (QED) is 0.563. The number of thiophene rings is 1. The second-order valence-corrected chi connectivity index (χ2v) is 7.48. The smallest absolute Gasteiger partial charge is 0.341 e. The highest BCUT2D eigenvalue weighted by Gasteiger charge is 2.25. The maximum atomic E-state index is 13.3. The van der Waals surface area contributed by atoms with Crippen molar-refractivity contribution in [2.75, 3.05) is 26.6 Å². The molecule has 3 aromatic rings. The Balaban J connectivity index is 2.02. The minimum atomic E-state index is -0.596. The van der Waals surface area contributed by atoms with Crippen molar-refractivity contribution in [1.82, 2.24) is 0 Å². The molecule has 1 N–H and O–H groups in total. The van der Waals surface area contributed by atoms with Crippen LogP contribution in [0.1, 0.15) is 25.6 Å². The Morgan fingerprint density at radius 1 is 0.967 bits per heavy atom. The maximum Gasteiger partial charge on any atom is 0.341 e. The number of ether oxygens (including phenoxy) is 3. The molecule has 0 saturated heterocycles. The first-order valence-corrected chi connectivity index (χ1v) is 9.72. The second kappa shape index (κ2) is 8.96. The molecule has 0 unspecified atom stereocenters. The van der Waals surface area contributed by atoms with E-state index in [1.165, 1.54) is 44.8 Å². The lowest BCUT2D eigenvalue weighted by atomic mass is 10.0. The van der Waals surface area contributed by atoms with Gasteiger partial charge < -0.3 is 19.5 Å². The van der Waals surface area contributed by atoms with Crippen LogP contribution in [0.5, 0.6) is 11.5 Å². The van der Waals surface area contributed by atoms with Crippen molar-refractivity contribution in [3.05, 3.63) is 64.3 Å². The molecule has 0 fully saturated rings. The molecule has 6 nitrogen and oxygen atoms in total. The van der Waals surface area contributed by atoms with Gasteiger partial charge in [-0.2, -0.15) is 0 Å². The van der Waals surface area contributed by atoms with Gasteiger partial charge in [0.25, 0.3) is 5.91 Å². The van der Waals surface area contributed by atoms with Crippen molar-refractivity contribution in [3.63, 3.8) is 0 Å². The topological polar surface area (TPSA) is 73.9 Å². The number of hydrogen-bond acceptors (Lipinski definition) is 6. The number of aryl methyl sites for hydroxylation is 1. The molecule has 1 amide bonds. The predicted molar refractivity (Wildman–Crippen MR) is 113 cm³/mol. The van der Waals surface area contributed by atoms with Gasteiger partial charge in [-0.15, -0.1) is 11.3 Å². The Bertz CT molecular complexity index is 1090. The number of carbonyl (C=O) groups excluding carboxylic acids is 2. The molecular weight excluding hydrogens is 409 g/mol. The van der Waals surface area contributed by atoms with E-state index < -0.39 is 11.9 Å². The summed E-state index contributed by atoms with van der Waals surface area (Å²) in [5.41, 5.74) is 1.80. The molecule has 0 aliphatic heterocycles. The Labute approximate surface area is 177 Å². The molecule has 0 spiro atoms.